The van der Waals surface area contributed by atoms with Crippen molar-refractivity contribution < 1.29 is 9.18 Å². The number of aromatic nitrogens is 4. The van der Waals surface area contributed by atoms with Crippen LogP contribution in [0.25, 0.3) is 17.1 Å². The molecule has 4 rings (SSSR count). The molecule has 1 unspecified atom stereocenters. The second-order valence-corrected chi connectivity index (χ2v) is 8.21. The van der Waals surface area contributed by atoms with Crippen molar-refractivity contribution >= 4 is 23.4 Å². The van der Waals surface area contributed by atoms with Crippen molar-refractivity contribution in [3.63, 3.8) is 0 Å². The molecular weight excluding hydrogens is 413 g/mol. The maximum Gasteiger partial charge on any atom is 0.237 e. The van der Waals surface area contributed by atoms with Gasteiger partial charge in [0.05, 0.1) is 16.6 Å². The number of carbonyl (C=O) groups is 1. The van der Waals surface area contributed by atoms with E-state index in [1.54, 1.807) is 31.5 Å². The van der Waals surface area contributed by atoms with E-state index in [2.05, 4.69) is 20.5 Å². The Kier molecular flexibility index (Phi) is 6.08. The summed E-state index contributed by atoms with van der Waals surface area (Å²) in [4.78, 5) is 16.9. The highest BCUT2D eigenvalue weighted by Crippen LogP contribution is 2.31. The van der Waals surface area contributed by atoms with Crippen LogP contribution in [0.1, 0.15) is 12.5 Å². The van der Waals surface area contributed by atoms with Gasteiger partial charge in [0, 0.05) is 18.0 Å². The van der Waals surface area contributed by atoms with Gasteiger partial charge >= 0.3 is 0 Å². The number of pyridine rings is 1. The number of thioether (sulfide) groups is 1. The second kappa shape index (κ2) is 9.09. The van der Waals surface area contributed by atoms with E-state index in [0.717, 1.165) is 16.8 Å². The van der Waals surface area contributed by atoms with Crippen LogP contribution in [-0.4, -0.2) is 30.9 Å². The first kappa shape index (κ1) is 20.7. The number of nitrogens with one attached hydrogen (secondary N) is 1. The van der Waals surface area contributed by atoms with E-state index in [1.165, 1.54) is 23.9 Å². The van der Waals surface area contributed by atoms with Gasteiger partial charge in [0.15, 0.2) is 11.0 Å². The van der Waals surface area contributed by atoms with Gasteiger partial charge in [-0.2, -0.15) is 0 Å². The zero-order chi connectivity index (χ0) is 21.8. The Hall–Kier alpha value is -3.52. The number of para-hydroxylation sites is 2. The number of rotatable bonds is 6. The number of aryl methyl sites for hydroxylation is 1. The maximum atomic E-state index is 13.9. The van der Waals surface area contributed by atoms with Gasteiger partial charge in [-0.1, -0.05) is 42.1 Å². The fraction of sp³-hybridized carbons (Fsp3) is 0.130. The maximum absolute atomic E-state index is 13.9. The van der Waals surface area contributed by atoms with E-state index >= 15 is 0 Å². The quantitative estimate of drug-likeness (QED) is 0.438. The molecule has 31 heavy (non-hydrogen) atoms. The van der Waals surface area contributed by atoms with Gasteiger partial charge in [0.25, 0.3) is 0 Å². The van der Waals surface area contributed by atoms with E-state index in [0.29, 0.717) is 11.0 Å². The predicted molar refractivity (Wildman–Crippen MR) is 120 cm³/mol. The summed E-state index contributed by atoms with van der Waals surface area (Å²) >= 11 is 1.26. The third-order valence-electron chi connectivity index (χ3n) is 4.69. The summed E-state index contributed by atoms with van der Waals surface area (Å²) in [5.41, 5.74) is 2.92. The van der Waals surface area contributed by atoms with Crippen LogP contribution in [0.5, 0.6) is 0 Å². The highest BCUT2D eigenvalue weighted by atomic mass is 32.2. The number of anilines is 1. The molecule has 0 radical (unpaired) electrons. The predicted octanol–water partition coefficient (Wildman–Crippen LogP) is 4.90. The van der Waals surface area contributed by atoms with E-state index in [9.17, 15) is 9.18 Å². The van der Waals surface area contributed by atoms with Crippen LogP contribution in [0.4, 0.5) is 10.1 Å². The zero-order valence-corrected chi connectivity index (χ0v) is 17.8. The molecule has 2 aromatic heterocycles. The molecule has 0 aliphatic carbocycles. The van der Waals surface area contributed by atoms with Crippen molar-refractivity contribution in [3.05, 3.63) is 84.4 Å². The summed E-state index contributed by atoms with van der Waals surface area (Å²) in [5, 5.41) is 11.4. The molecule has 0 saturated carbocycles. The molecule has 0 fully saturated rings. The summed E-state index contributed by atoms with van der Waals surface area (Å²) in [6.07, 6.45) is 3.42. The van der Waals surface area contributed by atoms with Crippen molar-refractivity contribution in [3.8, 4) is 17.1 Å². The third-order valence-corrected chi connectivity index (χ3v) is 5.74. The lowest BCUT2D eigenvalue weighted by Crippen LogP contribution is -2.23. The minimum absolute atomic E-state index is 0.149. The molecule has 2 aromatic carbocycles. The first-order valence-corrected chi connectivity index (χ1v) is 10.6. The summed E-state index contributed by atoms with van der Waals surface area (Å²) < 4.78 is 15.8. The topological polar surface area (TPSA) is 72.7 Å². The van der Waals surface area contributed by atoms with Gasteiger partial charge in [-0.05, 0) is 49.7 Å². The largest absolute Gasteiger partial charge is 0.323 e. The lowest BCUT2D eigenvalue weighted by molar-refractivity contribution is -0.115. The molecule has 1 N–H and O–H groups in total. The fourth-order valence-corrected chi connectivity index (χ4v) is 3.93. The van der Waals surface area contributed by atoms with Gasteiger partial charge in [-0.3, -0.25) is 14.3 Å². The van der Waals surface area contributed by atoms with Crippen LogP contribution in [0.2, 0.25) is 0 Å². The molecular formula is C23H20FN5OS. The summed E-state index contributed by atoms with van der Waals surface area (Å²) in [5.74, 6) is -0.168. The molecule has 0 bridgehead atoms. The number of amides is 1. The molecule has 2 heterocycles. The van der Waals surface area contributed by atoms with Gasteiger partial charge in [0.2, 0.25) is 5.91 Å². The number of hydrogen-bond donors (Lipinski definition) is 1. The molecule has 0 aliphatic heterocycles. The fourth-order valence-electron chi connectivity index (χ4n) is 3.07. The standard InChI is InChI=1S/C23H20FN5OS/c1-15-8-3-6-12-20(15)29-21(17-9-7-13-25-14-17)27-28-23(29)31-16(2)22(30)26-19-11-5-4-10-18(19)24/h3-14,16H,1-2H3,(H,26,30). The van der Waals surface area contributed by atoms with Crippen LogP contribution in [0, 0.1) is 12.7 Å². The second-order valence-electron chi connectivity index (χ2n) is 6.90. The SMILES string of the molecule is Cc1ccccc1-n1c(SC(C)C(=O)Nc2ccccc2F)nnc1-c1cccnc1. The zero-order valence-electron chi connectivity index (χ0n) is 17.0. The molecule has 1 atom stereocenters. The summed E-state index contributed by atoms with van der Waals surface area (Å²) in [6, 6.07) is 17.7. The number of halogens is 1. The van der Waals surface area contributed by atoms with Crippen LogP contribution >= 0.6 is 11.8 Å². The summed E-state index contributed by atoms with van der Waals surface area (Å²) in [7, 11) is 0. The van der Waals surface area contributed by atoms with Crippen molar-refractivity contribution in [2.45, 2.75) is 24.3 Å². The molecule has 1 amide bonds. The highest BCUT2D eigenvalue weighted by Gasteiger charge is 2.23. The van der Waals surface area contributed by atoms with Crippen molar-refractivity contribution in [2.24, 2.45) is 0 Å². The van der Waals surface area contributed by atoms with E-state index in [1.807, 2.05) is 47.9 Å². The molecule has 0 saturated heterocycles. The van der Waals surface area contributed by atoms with E-state index in [4.69, 9.17) is 0 Å². The van der Waals surface area contributed by atoms with Crippen LogP contribution in [0.3, 0.4) is 0 Å². The van der Waals surface area contributed by atoms with Gasteiger partial charge in [0.1, 0.15) is 5.82 Å². The smallest absolute Gasteiger partial charge is 0.237 e. The lowest BCUT2D eigenvalue weighted by Gasteiger charge is -2.15. The Bertz CT molecular complexity index is 1210. The summed E-state index contributed by atoms with van der Waals surface area (Å²) in [6.45, 7) is 3.76. The van der Waals surface area contributed by atoms with Gasteiger partial charge in [-0.15, -0.1) is 10.2 Å². The minimum atomic E-state index is -0.534. The average Bonchev–Trinajstić information content (AvgIpc) is 3.19. The van der Waals surface area contributed by atoms with Gasteiger partial charge in [-0.25, -0.2) is 4.39 Å². The number of carbonyl (C=O) groups excluding carboxylic acids is 1. The Labute approximate surface area is 183 Å². The Morgan fingerprint density at radius 2 is 1.84 bits per heavy atom. The van der Waals surface area contributed by atoms with Crippen LogP contribution < -0.4 is 5.32 Å². The molecule has 156 valence electrons. The van der Waals surface area contributed by atoms with E-state index in [-0.39, 0.29) is 11.6 Å². The molecule has 4 aromatic rings. The Morgan fingerprint density at radius 1 is 1.06 bits per heavy atom. The van der Waals surface area contributed by atoms with E-state index < -0.39 is 11.1 Å². The molecule has 8 heteroatoms. The molecule has 6 nitrogen and oxygen atoms in total. The first-order chi connectivity index (χ1) is 15.0. The highest BCUT2D eigenvalue weighted by molar-refractivity contribution is 8.00. The number of hydrogen-bond acceptors (Lipinski definition) is 5. The normalized spacial score (nSPS) is 11.8. The monoisotopic (exact) mass is 433 g/mol. The Morgan fingerprint density at radius 3 is 2.58 bits per heavy atom. The van der Waals surface area contributed by atoms with Crippen LogP contribution in [0.15, 0.2) is 78.2 Å². The van der Waals surface area contributed by atoms with Crippen LogP contribution in [-0.2, 0) is 4.79 Å². The minimum Gasteiger partial charge on any atom is -0.323 e. The average molecular weight is 434 g/mol. The lowest BCUT2D eigenvalue weighted by atomic mass is 10.2. The van der Waals surface area contributed by atoms with Gasteiger partial charge < -0.3 is 5.32 Å². The van der Waals surface area contributed by atoms with Crippen molar-refractivity contribution in [2.75, 3.05) is 5.32 Å². The van der Waals surface area contributed by atoms with Crippen molar-refractivity contribution in [1.29, 1.82) is 0 Å². The first-order valence-electron chi connectivity index (χ1n) is 9.68. The molecule has 0 aliphatic rings. The van der Waals surface area contributed by atoms with Crippen molar-refractivity contribution in [1.82, 2.24) is 19.7 Å². The number of benzene rings is 2. The Balaban J connectivity index is 1.67. The third kappa shape index (κ3) is 4.49. The molecule has 0 spiro atoms. The number of nitrogens with zero attached hydrogens (tertiary/aromatic N) is 4.